The Morgan fingerprint density at radius 1 is 0.932 bits per heavy atom. The van der Waals surface area contributed by atoms with Gasteiger partial charge in [-0.1, -0.05) is 96.9 Å². The number of hydrogen-bond acceptors (Lipinski definition) is 4. The number of amides is 1. The molecular formula is C35H42Cl4N2O3. The van der Waals surface area contributed by atoms with Crippen LogP contribution in [0.2, 0.25) is 20.1 Å². The third-order valence-corrected chi connectivity index (χ3v) is 9.16. The van der Waals surface area contributed by atoms with Crippen molar-refractivity contribution in [3.63, 3.8) is 0 Å². The van der Waals surface area contributed by atoms with Gasteiger partial charge >= 0.3 is 0 Å². The summed E-state index contributed by atoms with van der Waals surface area (Å²) in [4.78, 5) is 16.1. The summed E-state index contributed by atoms with van der Waals surface area (Å²) in [5.41, 5.74) is 2.93. The first-order valence-electron chi connectivity index (χ1n) is 15.5. The van der Waals surface area contributed by atoms with Gasteiger partial charge in [-0.3, -0.25) is 4.79 Å². The Morgan fingerprint density at radius 3 is 2.32 bits per heavy atom. The van der Waals surface area contributed by atoms with Gasteiger partial charge in [0.15, 0.2) is 5.75 Å². The minimum absolute atomic E-state index is 0.149. The molecule has 4 rings (SSSR count). The number of rotatable bonds is 18. The quantitative estimate of drug-likeness (QED) is 0.136. The molecule has 0 spiro atoms. The van der Waals surface area contributed by atoms with E-state index >= 15 is 0 Å². The number of unbranched alkanes of at least 4 members (excludes halogenated alkanes) is 3. The van der Waals surface area contributed by atoms with Crippen LogP contribution in [-0.4, -0.2) is 43.2 Å². The van der Waals surface area contributed by atoms with Crippen LogP contribution >= 0.6 is 46.4 Å². The van der Waals surface area contributed by atoms with Crippen LogP contribution in [0.3, 0.4) is 0 Å². The first-order valence-corrected chi connectivity index (χ1v) is 17.0. The van der Waals surface area contributed by atoms with Gasteiger partial charge in [-0.25, -0.2) is 0 Å². The number of hydrogen-bond donors (Lipinski definition) is 1. The Morgan fingerprint density at radius 2 is 1.64 bits per heavy atom. The number of nitrogens with zero attached hydrogens (tertiary/aromatic N) is 1. The van der Waals surface area contributed by atoms with Crippen molar-refractivity contribution in [1.82, 2.24) is 10.2 Å². The van der Waals surface area contributed by atoms with Gasteiger partial charge in [0.2, 0.25) is 5.91 Å². The average molecular weight is 681 g/mol. The maximum atomic E-state index is 14.1. The maximum absolute atomic E-state index is 14.1. The zero-order valence-electron chi connectivity index (χ0n) is 25.5. The molecule has 3 aromatic rings. The van der Waals surface area contributed by atoms with Gasteiger partial charge < -0.3 is 19.7 Å². The highest BCUT2D eigenvalue weighted by Crippen LogP contribution is 2.35. The van der Waals surface area contributed by atoms with Crippen LogP contribution in [0, 0.1) is 12.8 Å². The Balaban J connectivity index is 1.37. The fourth-order valence-electron chi connectivity index (χ4n) is 5.20. The molecule has 1 aliphatic rings. The Hall–Kier alpha value is -2.15. The summed E-state index contributed by atoms with van der Waals surface area (Å²) >= 11 is 25.4. The lowest BCUT2D eigenvalue weighted by Crippen LogP contribution is -2.42. The SMILES string of the molecule is CCCCCCNCC(Cc1ccc(OCCOc2c(Cl)cc(C)cc2Cl)cc1)C(=O)N(Cc1cccc(Cl)c1Cl)C1CC1. The van der Waals surface area contributed by atoms with Gasteiger partial charge in [0, 0.05) is 19.1 Å². The van der Waals surface area contributed by atoms with Crippen LogP contribution in [0.15, 0.2) is 54.6 Å². The van der Waals surface area contributed by atoms with E-state index in [0.717, 1.165) is 48.2 Å². The standard InChI is InChI=1S/C35H42Cl4N2O3/c1-3-4-5-6-16-40-22-27(35(42)41(28-12-13-28)23-26-8-7-9-30(36)33(26)39)21-25-10-14-29(15-11-25)43-17-18-44-34-31(37)19-24(2)20-32(34)38/h7-11,14-15,19-20,27-28,40H,3-6,12-13,16-18,21-23H2,1-2H3. The van der Waals surface area contributed by atoms with E-state index in [1.165, 1.54) is 19.3 Å². The highest BCUT2D eigenvalue weighted by Gasteiger charge is 2.36. The van der Waals surface area contributed by atoms with Crippen molar-refractivity contribution in [2.45, 2.75) is 71.4 Å². The fraction of sp³-hybridized carbons (Fsp3) is 0.457. The zero-order chi connectivity index (χ0) is 31.5. The second-order valence-corrected chi connectivity index (χ2v) is 13.1. The van der Waals surface area contributed by atoms with Gasteiger partial charge in [-0.05, 0) is 86.2 Å². The predicted octanol–water partition coefficient (Wildman–Crippen LogP) is 9.59. The van der Waals surface area contributed by atoms with E-state index in [0.29, 0.717) is 58.6 Å². The van der Waals surface area contributed by atoms with Gasteiger partial charge in [-0.15, -0.1) is 0 Å². The third kappa shape index (κ3) is 10.5. The maximum Gasteiger partial charge on any atom is 0.227 e. The largest absolute Gasteiger partial charge is 0.490 e. The third-order valence-electron chi connectivity index (χ3n) is 7.74. The summed E-state index contributed by atoms with van der Waals surface area (Å²) in [5.74, 6) is 1.13. The minimum Gasteiger partial charge on any atom is -0.490 e. The molecule has 0 saturated heterocycles. The van der Waals surface area contributed by atoms with E-state index in [-0.39, 0.29) is 17.9 Å². The number of carbonyl (C=O) groups excluding carboxylic acids is 1. The Bertz CT molecular complexity index is 1340. The lowest BCUT2D eigenvalue weighted by molar-refractivity contribution is -0.136. The van der Waals surface area contributed by atoms with E-state index in [9.17, 15) is 4.79 Å². The molecule has 1 fully saturated rings. The molecule has 1 aliphatic carbocycles. The molecule has 1 amide bonds. The summed E-state index contributed by atoms with van der Waals surface area (Å²) in [6.45, 7) is 6.77. The van der Waals surface area contributed by atoms with Crippen molar-refractivity contribution in [3.8, 4) is 11.5 Å². The molecule has 1 atom stereocenters. The van der Waals surface area contributed by atoms with Gasteiger partial charge in [0.1, 0.15) is 19.0 Å². The fourth-order valence-corrected chi connectivity index (χ4v) is 6.28. The number of aryl methyl sites for hydroxylation is 1. The first-order chi connectivity index (χ1) is 21.3. The molecule has 0 bridgehead atoms. The lowest BCUT2D eigenvalue weighted by atomic mass is 9.97. The van der Waals surface area contributed by atoms with Crippen molar-refractivity contribution in [2.75, 3.05) is 26.3 Å². The molecule has 0 heterocycles. The predicted molar refractivity (Wildman–Crippen MR) is 183 cm³/mol. The molecular weight excluding hydrogens is 638 g/mol. The molecule has 3 aromatic carbocycles. The second kappa shape index (κ2) is 17.5. The number of carbonyl (C=O) groups is 1. The second-order valence-electron chi connectivity index (χ2n) is 11.5. The Labute approximate surface area is 282 Å². The van der Waals surface area contributed by atoms with Crippen molar-refractivity contribution in [1.29, 1.82) is 0 Å². The van der Waals surface area contributed by atoms with Crippen LogP contribution < -0.4 is 14.8 Å². The van der Waals surface area contributed by atoms with E-state index < -0.39 is 0 Å². The smallest absolute Gasteiger partial charge is 0.227 e. The van der Waals surface area contributed by atoms with Crippen LogP contribution in [0.4, 0.5) is 0 Å². The number of halogens is 4. The van der Waals surface area contributed by atoms with Crippen molar-refractivity contribution >= 4 is 52.3 Å². The van der Waals surface area contributed by atoms with Crippen molar-refractivity contribution < 1.29 is 14.3 Å². The van der Waals surface area contributed by atoms with E-state index in [1.807, 2.05) is 60.4 Å². The van der Waals surface area contributed by atoms with Crippen LogP contribution in [0.1, 0.15) is 62.1 Å². The number of nitrogens with one attached hydrogen (secondary N) is 1. The van der Waals surface area contributed by atoms with E-state index in [4.69, 9.17) is 55.9 Å². The summed E-state index contributed by atoms with van der Waals surface area (Å²) < 4.78 is 11.7. The Kier molecular flexibility index (Phi) is 13.8. The monoisotopic (exact) mass is 678 g/mol. The average Bonchev–Trinajstić information content (AvgIpc) is 3.84. The normalized spacial score (nSPS) is 13.5. The van der Waals surface area contributed by atoms with Crippen LogP contribution in [0.5, 0.6) is 11.5 Å². The summed E-state index contributed by atoms with van der Waals surface area (Å²) in [6.07, 6.45) is 7.39. The molecule has 1 N–H and O–H groups in total. The molecule has 0 aromatic heterocycles. The molecule has 5 nitrogen and oxygen atoms in total. The molecule has 238 valence electrons. The highest BCUT2D eigenvalue weighted by molar-refractivity contribution is 6.42. The first kappa shape index (κ1) is 34.7. The minimum atomic E-state index is -0.205. The molecule has 1 saturated carbocycles. The van der Waals surface area contributed by atoms with Crippen molar-refractivity contribution in [2.24, 2.45) is 5.92 Å². The van der Waals surface area contributed by atoms with E-state index in [2.05, 4.69) is 12.2 Å². The molecule has 0 radical (unpaired) electrons. The molecule has 44 heavy (non-hydrogen) atoms. The topological polar surface area (TPSA) is 50.8 Å². The van der Waals surface area contributed by atoms with Crippen LogP contribution in [-0.2, 0) is 17.8 Å². The molecule has 9 heteroatoms. The van der Waals surface area contributed by atoms with Gasteiger partial charge in [0.25, 0.3) is 0 Å². The number of benzene rings is 3. The summed E-state index contributed by atoms with van der Waals surface area (Å²) in [5, 5.41) is 5.55. The van der Waals surface area contributed by atoms with Gasteiger partial charge in [0.05, 0.1) is 26.0 Å². The van der Waals surface area contributed by atoms with E-state index in [1.54, 1.807) is 6.07 Å². The highest BCUT2D eigenvalue weighted by atomic mass is 35.5. The van der Waals surface area contributed by atoms with Crippen molar-refractivity contribution in [3.05, 3.63) is 91.4 Å². The number of ether oxygens (including phenoxy) is 2. The molecule has 1 unspecified atom stereocenters. The zero-order valence-corrected chi connectivity index (χ0v) is 28.5. The van der Waals surface area contributed by atoms with Crippen LogP contribution in [0.25, 0.3) is 0 Å². The summed E-state index contributed by atoms with van der Waals surface area (Å²) in [7, 11) is 0. The molecule has 0 aliphatic heterocycles. The lowest BCUT2D eigenvalue weighted by Gasteiger charge is -2.28. The summed E-state index contributed by atoms with van der Waals surface area (Å²) in [6, 6.07) is 17.4. The van der Waals surface area contributed by atoms with Gasteiger partial charge in [-0.2, -0.15) is 0 Å².